The number of amides is 1. The highest BCUT2D eigenvalue weighted by atomic mass is 19.1. The molecular weight excluding hydrogens is 279 g/mol. The van der Waals surface area contributed by atoms with Crippen LogP contribution < -0.4 is 5.32 Å². The molecule has 0 radical (unpaired) electrons. The lowest BCUT2D eigenvalue weighted by Crippen LogP contribution is -2.17. The molecule has 0 fully saturated rings. The molecule has 8 heteroatoms. The molecular formula is C13H13FN4O3. The van der Waals surface area contributed by atoms with Gasteiger partial charge in [0.2, 0.25) is 5.82 Å². The molecule has 0 bridgehead atoms. The summed E-state index contributed by atoms with van der Waals surface area (Å²) in [6, 6.07) is 4.66. The molecule has 1 heterocycles. The molecule has 1 amide bonds. The molecule has 0 spiro atoms. The van der Waals surface area contributed by atoms with Crippen molar-refractivity contribution in [2.75, 3.05) is 5.32 Å². The van der Waals surface area contributed by atoms with Crippen LogP contribution in [0.1, 0.15) is 30.2 Å². The van der Waals surface area contributed by atoms with Gasteiger partial charge in [0.15, 0.2) is 0 Å². The molecule has 1 aromatic heterocycles. The summed E-state index contributed by atoms with van der Waals surface area (Å²) in [4.78, 5) is 21.7. The van der Waals surface area contributed by atoms with Gasteiger partial charge >= 0.3 is 5.69 Å². The molecule has 7 nitrogen and oxygen atoms in total. The van der Waals surface area contributed by atoms with Crippen molar-refractivity contribution in [3.05, 3.63) is 52.0 Å². The Labute approximate surface area is 119 Å². The monoisotopic (exact) mass is 292 g/mol. The maximum atomic E-state index is 13.5. The Morgan fingerprint density at radius 2 is 2.14 bits per heavy atom. The number of nitrogens with one attached hydrogen (secondary N) is 1. The molecule has 110 valence electrons. The molecule has 21 heavy (non-hydrogen) atoms. The summed E-state index contributed by atoms with van der Waals surface area (Å²) in [6.07, 6.45) is 1.53. The Morgan fingerprint density at radius 1 is 1.43 bits per heavy atom. The topological polar surface area (TPSA) is 90.1 Å². The number of halogens is 1. The van der Waals surface area contributed by atoms with Gasteiger partial charge in [-0.25, -0.2) is 4.68 Å². The predicted octanol–water partition coefficient (Wildman–Crippen LogP) is 2.76. The standard InChI is InChI=1S/C13H13FN4O3/c1-8(2)17-12(5-6-15-17)16-13(19)9-3-4-11(18(20)21)10(14)7-9/h3-8H,1-2H3,(H,16,19). The molecule has 0 saturated carbocycles. The highest BCUT2D eigenvalue weighted by Gasteiger charge is 2.17. The van der Waals surface area contributed by atoms with E-state index in [2.05, 4.69) is 10.4 Å². The average molecular weight is 292 g/mol. The summed E-state index contributed by atoms with van der Waals surface area (Å²) in [5, 5.41) is 17.2. The average Bonchev–Trinajstić information content (AvgIpc) is 2.86. The van der Waals surface area contributed by atoms with Crippen molar-refractivity contribution in [3.8, 4) is 0 Å². The summed E-state index contributed by atoms with van der Waals surface area (Å²) in [6.45, 7) is 3.79. The van der Waals surface area contributed by atoms with Crippen molar-refractivity contribution in [1.29, 1.82) is 0 Å². The summed E-state index contributed by atoms with van der Waals surface area (Å²) in [5.74, 6) is -1.15. The van der Waals surface area contributed by atoms with Crippen LogP contribution in [0, 0.1) is 15.9 Å². The lowest BCUT2D eigenvalue weighted by molar-refractivity contribution is -0.387. The van der Waals surface area contributed by atoms with Crippen molar-refractivity contribution < 1.29 is 14.1 Å². The number of nitro groups is 1. The van der Waals surface area contributed by atoms with Gasteiger partial charge in [-0.2, -0.15) is 9.49 Å². The predicted molar refractivity (Wildman–Crippen MR) is 73.6 cm³/mol. The van der Waals surface area contributed by atoms with Crippen molar-refractivity contribution in [2.45, 2.75) is 19.9 Å². The van der Waals surface area contributed by atoms with E-state index in [0.29, 0.717) is 5.82 Å². The van der Waals surface area contributed by atoms with Gasteiger partial charge in [0.1, 0.15) is 5.82 Å². The highest BCUT2D eigenvalue weighted by molar-refractivity contribution is 6.03. The van der Waals surface area contributed by atoms with Gasteiger partial charge in [0.25, 0.3) is 5.91 Å². The Morgan fingerprint density at radius 3 is 2.71 bits per heavy atom. The fourth-order valence-electron chi connectivity index (χ4n) is 1.81. The van der Waals surface area contributed by atoms with Crippen LogP contribution in [-0.4, -0.2) is 20.6 Å². The number of benzene rings is 1. The quantitative estimate of drug-likeness (QED) is 0.693. The first-order valence-corrected chi connectivity index (χ1v) is 6.19. The van der Waals surface area contributed by atoms with E-state index in [1.54, 1.807) is 10.7 Å². The number of aromatic nitrogens is 2. The Bertz CT molecular complexity index is 696. The zero-order valence-corrected chi connectivity index (χ0v) is 11.4. The SMILES string of the molecule is CC(C)n1nccc1NC(=O)c1ccc([N+](=O)[O-])c(F)c1. The van der Waals surface area contributed by atoms with Crippen LogP contribution in [0.3, 0.4) is 0 Å². The molecule has 1 aromatic carbocycles. The molecule has 0 unspecified atom stereocenters. The van der Waals surface area contributed by atoms with E-state index >= 15 is 0 Å². The second-order valence-electron chi connectivity index (χ2n) is 4.63. The van der Waals surface area contributed by atoms with E-state index in [4.69, 9.17) is 0 Å². The second-order valence-corrected chi connectivity index (χ2v) is 4.63. The first kappa shape index (κ1) is 14.6. The first-order chi connectivity index (χ1) is 9.90. The van der Waals surface area contributed by atoms with E-state index in [9.17, 15) is 19.3 Å². The molecule has 0 aliphatic rings. The Balaban J connectivity index is 2.23. The van der Waals surface area contributed by atoms with Gasteiger partial charge in [-0.15, -0.1) is 0 Å². The van der Waals surface area contributed by atoms with E-state index < -0.39 is 22.3 Å². The van der Waals surface area contributed by atoms with Crippen LogP contribution in [0.4, 0.5) is 15.9 Å². The summed E-state index contributed by atoms with van der Waals surface area (Å²) < 4.78 is 15.1. The van der Waals surface area contributed by atoms with Gasteiger partial charge in [-0.1, -0.05) is 0 Å². The zero-order valence-electron chi connectivity index (χ0n) is 11.4. The fourth-order valence-corrected chi connectivity index (χ4v) is 1.81. The molecule has 0 aliphatic heterocycles. The third kappa shape index (κ3) is 3.04. The Kier molecular flexibility index (Phi) is 3.97. The normalized spacial score (nSPS) is 10.7. The number of nitrogens with zero attached hydrogens (tertiary/aromatic N) is 3. The first-order valence-electron chi connectivity index (χ1n) is 6.19. The van der Waals surface area contributed by atoms with E-state index in [0.717, 1.165) is 12.1 Å². The second kappa shape index (κ2) is 5.70. The van der Waals surface area contributed by atoms with E-state index in [1.165, 1.54) is 12.3 Å². The van der Waals surface area contributed by atoms with Gasteiger partial charge in [-0.05, 0) is 26.0 Å². The molecule has 0 atom stereocenters. The van der Waals surface area contributed by atoms with Crippen molar-refractivity contribution in [3.63, 3.8) is 0 Å². The van der Waals surface area contributed by atoms with Crippen LogP contribution in [0.25, 0.3) is 0 Å². The number of nitro benzene ring substituents is 1. The molecule has 2 aromatic rings. The third-order valence-electron chi connectivity index (χ3n) is 2.81. The maximum Gasteiger partial charge on any atom is 0.304 e. The number of anilines is 1. The summed E-state index contributed by atoms with van der Waals surface area (Å²) >= 11 is 0. The van der Waals surface area contributed by atoms with Gasteiger partial charge < -0.3 is 5.32 Å². The number of carbonyl (C=O) groups excluding carboxylic acids is 1. The fraction of sp³-hybridized carbons (Fsp3) is 0.231. The molecule has 0 saturated heterocycles. The largest absolute Gasteiger partial charge is 0.307 e. The van der Waals surface area contributed by atoms with Crippen molar-refractivity contribution in [1.82, 2.24) is 9.78 Å². The number of hydrogen-bond acceptors (Lipinski definition) is 4. The smallest absolute Gasteiger partial charge is 0.304 e. The van der Waals surface area contributed by atoms with Gasteiger partial charge in [0, 0.05) is 23.7 Å². The lowest BCUT2D eigenvalue weighted by Gasteiger charge is -2.11. The van der Waals surface area contributed by atoms with Crippen LogP contribution >= 0.6 is 0 Å². The number of rotatable bonds is 4. The lowest BCUT2D eigenvalue weighted by atomic mass is 10.2. The van der Waals surface area contributed by atoms with Crippen LogP contribution in [-0.2, 0) is 0 Å². The van der Waals surface area contributed by atoms with Crippen molar-refractivity contribution >= 4 is 17.4 Å². The van der Waals surface area contributed by atoms with E-state index in [-0.39, 0.29) is 11.6 Å². The molecule has 0 aliphatic carbocycles. The van der Waals surface area contributed by atoms with E-state index in [1.807, 2.05) is 13.8 Å². The Hall–Kier alpha value is -2.77. The highest BCUT2D eigenvalue weighted by Crippen LogP contribution is 2.19. The van der Waals surface area contributed by atoms with Crippen molar-refractivity contribution in [2.24, 2.45) is 0 Å². The molecule has 2 rings (SSSR count). The van der Waals surface area contributed by atoms with Gasteiger partial charge in [0.05, 0.1) is 11.1 Å². The zero-order chi connectivity index (χ0) is 15.6. The minimum absolute atomic E-state index is 0.00499. The number of carbonyl (C=O) groups is 1. The number of hydrogen-bond donors (Lipinski definition) is 1. The minimum Gasteiger partial charge on any atom is -0.307 e. The molecule has 1 N–H and O–H groups in total. The minimum atomic E-state index is -1.05. The summed E-state index contributed by atoms with van der Waals surface area (Å²) in [5.41, 5.74) is -0.673. The third-order valence-corrected chi connectivity index (χ3v) is 2.81. The van der Waals surface area contributed by atoms with Gasteiger partial charge in [-0.3, -0.25) is 14.9 Å². The maximum absolute atomic E-state index is 13.5. The van der Waals surface area contributed by atoms with Crippen LogP contribution in [0.15, 0.2) is 30.5 Å². The van der Waals surface area contributed by atoms with Crippen LogP contribution in [0.2, 0.25) is 0 Å². The summed E-state index contributed by atoms with van der Waals surface area (Å²) in [7, 11) is 0. The van der Waals surface area contributed by atoms with Crippen LogP contribution in [0.5, 0.6) is 0 Å².